The van der Waals surface area contributed by atoms with Gasteiger partial charge in [0.2, 0.25) is 10.0 Å². The molecular weight excluding hydrogens is 388 g/mol. The molecule has 0 radical (unpaired) electrons. The molecule has 0 amide bonds. The number of nitrogens with one attached hydrogen (secondary N) is 1. The molecule has 10 nitrogen and oxygen atoms in total. The third kappa shape index (κ3) is 4.73. The van der Waals surface area contributed by atoms with Gasteiger partial charge in [0.25, 0.3) is 17.4 Å². The number of aromatic nitrogens is 2. The minimum absolute atomic E-state index is 0.000713. The van der Waals surface area contributed by atoms with Crippen molar-refractivity contribution in [3.63, 3.8) is 0 Å². The Morgan fingerprint density at radius 2 is 1.68 bits per heavy atom. The zero-order chi connectivity index (χ0) is 20.1. The van der Waals surface area contributed by atoms with Crippen LogP contribution in [-0.4, -0.2) is 42.6 Å². The van der Waals surface area contributed by atoms with Crippen LogP contribution in [0.25, 0.3) is 0 Å². The number of hydrogen-bond donors (Lipinski definition) is 1. The lowest BCUT2D eigenvalue weighted by molar-refractivity contribution is -0.384. The molecule has 1 aliphatic carbocycles. The predicted molar refractivity (Wildman–Crippen MR) is 98.7 cm³/mol. The van der Waals surface area contributed by atoms with Gasteiger partial charge in [0, 0.05) is 30.6 Å². The van der Waals surface area contributed by atoms with Crippen molar-refractivity contribution in [3.05, 3.63) is 46.8 Å². The van der Waals surface area contributed by atoms with E-state index < -0.39 is 14.9 Å². The molecule has 1 heterocycles. The van der Waals surface area contributed by atoms with Gasteiger partial charge < -0.3 is 9.47 Å². The summed E-state index contributed by atoms with van der Waals surface area (Å²) in [7, 11) is -2.26. The van der Waals surface area contributed by atoms with Crippen LogP contribution in [0.15, 0.2) is 41.6 Å². The molecule has 28 heavy (non-hydrogen) atoms. The quantitative estimate of drug-likeness (QED) is 0.543. The molecule has 0 aliphatic heterocycles. The van der Waals surface area contributed by atoms with Gasteiger partial charge in [0.15, 0.2) is 0 Å². The van der Waals surface area contributed by atoms with Crippen LogP contribution in [0, 0.1) is 10.1 Å². The van der Waals surface area contributed by atoms with Gasteiger partial charge in [-0.3, -0.25) is 10.1 Å². The summed E-state index contributed by atoms with van der Waals surface area (Å²) in [5.74, 6) is 0.628. The minimum Gasteiger partial charge on any atom is -0.477 e. The van der Waals surface area contributed by atoms with Crippen LogP contribution in [0.4, 0.5) is 5.69 Å². The Bertz CT molecular complexity index is 927. The standard InChI is InChI=1S/C17H20N4O6S/c1-26-16-17(19-11-10-18-16)27-14-6-2-12(3-7-14)20-28(24,25)15-8-4-13(5-9-15)21(22)23/h4-5,8-12,14,20H,2-3,6-7H2,1H3. The van der Waals surface area contributed by atoms with Crippen molar-refractivity contribution < 1.29 is 22.8 Å². The molecule has 2 aromatic rings. The second-order valence-electron chi connectivity index (χ2n) is 6.33. The number of nitro benzene ring substituents is 1. The first kappa shape index (κ1) is 20.0. The monoisotopic (exact) mass is 408 g/mol. The van der Waals surface area contributed by atoms with Crippen LogP contribution < -0.4 is 14.2 Å². The van der Waals surface area contributed by atoms with E-state index in [0.29, 0.717) is 37.4 Å². The van der Waals surface area contributed by atoms with E-state index >= 15 is 0 Å². The van der Waals surface area contributed by atoms with Gasteiger partial charge in [-0.15, -0.1) is 0 Å². The average Bonchev–Trinajstić information content (AvgIpc) is 2.70. The van der Waals surface area contributed by atoms with Gasteiger partial charge in [-0.05, 0) is 37.8 Å². The normalized spacial score (nSPS) is 19.8. The molecule has 150 valence electrons. The van der Waals surface area contributed by atoms with Crippen LogP contribution in [0.5, 0.6) is 11.8 Å². The molecule has 0 unspecified atom stereocenters. The minimum atomic E-state index is -3.75. The summed E-state index contributed by atoms with van der Waals surface area (Å²) in [4.78, 5) is 18.3. The topological polar surface area (TPSA) is 134 Å². The number of benzene rings is 1. The first-order chi connectivity index (χ1) is 13.4. The van der Waals surface area contributed by atoms with Crippen molar-refractivity contribution in [1.29, 1.82) is 0 Å². The summed E-state index contributed by atoms with van der Waals surface area (Å²) in [6.07, 6.45) is 5.40. The summed E-state index contributed by atoms with van der Waals surface area (Å²) in [5, 5.41) is 10.7. The lowest BCUT2D eigenvalue weighted by Gasteiger charge is -2.29. The molecule has 1 fully saturated rings. The predicted octanol–water partition coefficient (Wildman–Crippen LogP) is 2.06. The number of nitro groups is 1. The Hall–Kier alpha value is -2.79. The zero-order valence-corrected chi connectivity index (χ0v) is 16.0. The van der Waals surface area contributed by atoms with E-state index in [1.807, 2.05) is 0 Å². The Kier molecular flexibility index (Phi) is 6.05. The molecule has 1 aliphatic rings. The lowest BCUT2D eigenvalue weighted by Crippen LogP contribution is -2.39. The summed E-state index contributed by atoms with van der Waals surface area (Å²) in [5.41, 5.74) is -0.156. The number of nitrogens with zero attached hydrogens (tertiary/aromatic N) is 3. The average molecular weight is 408 g/mol. The van der Waals surface area contributed by atoms with Crippen molar-refractivity contribution in [2.24, 2.45) is 0 Å². The molecule has 0 spiro atoms. The molecule has 11 heteroatoms. The van der Waals surface area contributed by atoms with Crippen molar-refractivity contribution in [2.75, 3.05) is 7.11 Å². The van der Waals surface area contributed by atoms with Crippen LogP contribution in [0.2, 0.25) is 0 Å². The maximum atomic E-state index is 12.5. The highest BCUT2D eigenvalue weighted by Gasteiger charge is 2.27. The Balaban J connectivity index is 1.56. The highest BCUT2D eigenvalue weighted by atomic mass is 32.2. The van der Waals surface area contributed by atoms with Crippen LogP contribution >= 0.6 is 0 Å². The van der Waals surface area contributed by atoms with E-state index in [2.05, 4.69) is 14.7 Å². The van der Waals surface area contributed by atoms with E-state index in [0.717, 1.165) is 0 Å². The van der Waals surface area contributed by atoms with Crippen LogP contribution in [-0.2, 0) is 10.0 Å². The van der Waals surface area contributed by atoms with Crippen molar-refractivity contribution in [2.45, 2.75) is 42.7 Å². The van der Waals surface area contributed by atoms with E-state index in [1.54, 1.807) is 0 Å². The van der Waals surface area contributed by atoms with Crippen LogP contribution in [0.3, 0.4) is 0 Å². The Morgan fingerprint density at radius 1 is 1.07 bits per heavy atom. The highest BCUT2D eigenvalue weighted by molar-refractivity contribution is 7.89. The number of non-ortho nitro benzene ring substituents is 1. The molecule has 3 rings (SSSR count). The van der Waals surface area contributed by atoms with Crippen molar-refractivity contribution >= 4 is 15.7 Å². The summed E-state index contributed by atoms with van der Waals surface area (Å²) in [6, 6.07) is 4.58. The highest BCUT2D eigenvalue weighted by Crippen LogP contribution is 2.28. The maximum Gasteiger partial charge on any atom is 0.278 e. The zero-order valence-electron chi connectivity index (χ0n) is 15.1. The third-order valence-corrected chi connectivity index (χ3v) is 6.00. The van der Waals surface area contributed by atoms with Crippen molar-refractivity contribution in [1.82, 2.24) is 14.7 Å². The smallest absolute Gasteiger partial charge is 0.278 e. The first-order valence-electron chi connectivity index (χ1n) is 8.67. The fraction of sp³-hybridized carbons (Fsp3) is 0.412. The largest absolute Gasteiger partial charge is 0.477 e. The van der Waals surface area contributed by atoms with E-state index in [-0.39, 0.29) is 22.7 Å². The Morgan fingerprint density at radius 3 is 2.25 bits per heavy atom. The Labute approximate surface area is 162 Å². The second-order valence-corrected chi connectivity index (χ2v) is 8.05. The molecule has 0 saturated heterocycles. The van der Waals surface area contributed by atoms with Gasteiger partial charge in [0.05, 0.1) is 16.9 Å². The summed E-state index contributed by atoms with van der Waals surface area (Å²) in [6.45, 7) is 0. The van der Waals surface area contributed by atoms with Gasteiger partial charge in [0.1, 0.15) is 6.10 Å². The first-order valence-corrected chi connectivity index (χ1v) is 10.2. The lowest BCUT2D eigenvalue weighted by atomic mass is 9.94. The fourth-order valence-corrected chi connectivity index (χ4v) is 4.33. The van der Waals surface area contributed by atoms with Gasteiger partial charge >= 0.3 is 0 Å². The number of hydrogen-bond acceptors (Lipinski definition) is 8. The van der Waals surface area contributed by atoms with E-state index in [9.17, 15) is 18.5 Å². The van der Waals surface area contributed by atoms with E-state index in [4.69, 9.17) is 9.47 Å². The third-order valence-electron chi connectivity index (χ3n) is 4.46. The number of rotatable bonds is 7. The molecular formula is C17H20N4O6S. The fourth-order valence-electron chi connectivity index (χ4n) is 3.02. The maximum absolute atomic E-state index is 12.5. The number of sulfonamides is 1. The molecule has 1 N–H and O–H groups in total. The molecule has 0 bridgehead atoms. The van der Waals surface area contributed by atoms with E-state index in [1.165, 1.54) is 43.8 Å². The van der Waals surface area contributed by atoms with Gasteiger partial charge in [-0.25, -0.2) is 23.1 Å². The van der Waals surface area contributed by atoms with Gasteiger partial charge in [-0.2, -0.15) is 0 Å². The number of methoxy groups -OCH3 is 1. The van der Waals surface area contributed by atoms with Gasteiger partial charge in [-0.1, -0.05) is 0 Å². The summed E-state index contributed by atoms with van der Waals surface area (Å²) < 4.78 is 38.6. The molecule has 1 aromatic heterocycles. The second kappa shape index (κ2) is 8.48. The molecule has 1 aromatic carbocycles. The number of ether oxygens (including phenoxy) is 2. The molecule has 0 atom stereocenters. The van der Waals surface area contributed by atoms with Crippen molar-refractivity contribution in [3.8, 4) is 11.8 Å². The molecule has 1 saturated carbocycles. The van der Waals surface area contributed by atoms with Crippen LogP contribution in [0.1, 0.15) is 25.7 Å². The SMILES string of the molecule is COc1nccnc1OC1CCC(NS(=O)(=O)c2ccc([N+](=O)[O-])cc2)CC1. The summed E-state index contributed by atoms with van der Waals surface area (Å²) >= 11 is 0.